The minimum absolute atomic E-state index is 0.264. The Bertz CT molecular complexity index is 625. The van der Waals surface area contributed by atoms with E-state index in [4.69, 9.17) is 5.73 Å². The van der Waals surface area contributed by atoms with Gasteiger partial charge < -0.3 is 5.73 Å². The van der Waals surface area contributed by atoms with Crippen molar-refractivity contribution in [3.05, 3.63) is 29.8 Å². The van der Waals surface area contributed by atoms with Gasteiger partial charge in [0.05, 0.1) is 11.4 Å². The standard InChI is InChI=1S/C15H20N2O2S/c1-2-17(12-14-8-9-14)20(18,19)15-7-3-5-13(11-15)6-4-10-16/h3,5,7,11,14H,2,8-10,12,16H2,1H3. The zero-order valence-electron chi connectivity index (χ0n) is 11.7. The number of hydrogen-bond acceptors (Lipinski definition) is 3. The van der Waals surface area contributed by atoms with Crippen molar-refractivity contribution in [3.8, 4) is 11.8 Å². The molecule has 1 fully saturated rings. The monoisotopic (exact) mass is 292 g/mol. The predicted molar refractivity (Wildman–Crippen MR) is 79.5 cm³/mol. The van der Waals surface area contributed by atoms with E-state index in [1.165, 1.54) is 0 Å². The van der Waals surface area contributed by atoms with Crippen molar-refractivity contribution in [2.45, 2.75) is 24.7 Å². The number of nitrogens with zero attached hydrogens (tertiary/aromatic N) is 1. The van der Waals surface area contributed by atoms with E-state index in [-0.39, 0.29) is 6.54 Å². The van der Waals surface area contributed by atoms with E-state index in [2.05, 4.69) is 11.8 Å². The maximum Gasteiger partial charge on any atom is 0.243 e. The first-order valence-electron chi connectivity index (χ1n) is 6.87. The third-order valence-corrected chi connectivity index (χ3v) is 5.25. The SMILES string of the molecule is CCN(CC1CC1)S(=O)(=O)c1cccc(C#CCN)c1. The van der Waals surface area contributed by atoms with Crippen LogP contribution in [0.4, 0.5) is 0 Å². The maximum atomic E-state index is 12.6. The highest BCUT2D eigenvalue weighted by atomic mass is 32.2. The summed E-state index contributed by atoms with van der Waals surface area (Å²) in [5, 5.41) is 0. The normalized spacial score (nSPS) is 14.9. The first-order chi connectivity index (χ1) is 9.57. The fourth-order valence-electron chi connectivity index (χ4n) is 2.02. The molecule has 108 valence electrons. The van der Waals surface area contributed by atoms with Crippen LogP contribution in [0.15, 0.2) is 29.2 Å². The molecule has 5 heteroatoms. The highest BCUT2D eigenvalue weighted by Crippen LogP contribution is 2.31. The van der Waals surface area contributed by atoms with Crippen LogP contribution in [-0.2, 0) is 10.0 Å². The molecule has 1 aliphatic carbocycles. The van der Waals surface area contributed by atoms with Crippen LogP contribution in [0.2, 0.25) is 0 Å². The van der Waals surface area contributed by atoms with Crippen LogP contribution >= 0.6 is 0 Å². The average molecular weight is 292 g/mol. The average Bonchev–Trinajstić information content (AvgIpc) is 3.26. The van der Waals surface area contributed by atoms with Crippen molar-refractivity contribution >= 4 is 10.0 Å². The van der Waals surface area contributed by atoms with Crippen LogP contribution in [-0.4, -0.2) is 32.4 Å². The summed E-state index contributed by atoms with van der Waals surface area (Å²) in [6.07, 6.45) is 2.27. The molecule has 4 nitrogen and oxygen atoms in total. The topological polar surface area (TPSA) is 63.4 Å². The molecule has 0 heterocycles. The van der Waals surface area contributed by atoms with E-state index in [0.29, 0.717) is 29.5 Å². The molecule has 0 atom stereocenters. The number of nitrogens with two attached hydrogens (primary N) is 1. The Morgan fingerprint density at radius 3 is 2.75 bits per heavy atom. The van der Waals surface area contributed by atoms with Crippen LogP contribution in [0.25, 0.3) is 0 Å². The van der Waals surface area contributed by atoms with Crippen molar-refractivity contribution in [3.63, 3.8) is 0 Å². The van der Waals surface area contributed by atoms with E-state index >= 15 is 0 Å². The van der Waals surface area contributed by atoms with Crippen LogP contribution in [0.3, 0.4) is 0 Å². The summed E-state index contributed by atoms with van der Waals surface area (Å²) in [5.41, 5.74) is 6.01. The molecule has 2 N–H and O–H groups in total. The Morgan fingerprint density at radius 1 is 1.40 bits per heavy atom. The highest BCUT2D eigenvalue weighted by Gasteiger charge is 2.30. The van der Waals surface area contributed by atoms with Gasteiger partial charge in [-0.2, -0.15) is 4.31 Å². The lowest BCUT2D eigenvalue weighted by Gasteiger charge is -2.20. The van der Waals surface area contributed by atoms with Crippen LogP contribution in [0.5, 0.6) is 0 Å². The van der Waals surface area contributed by atoms with Crippen LogP contribution in [0.1, 0.15) is 25.3 Å². The van der Waals surface area contributed by atoms with E-state index < -0.39 is 10.0 Å². The van der Waals surface area contributed by atoms with Crippen molar-refractivity contribution in [1.29, 1.82) is 0 Å². The maximum absolute atomic E-state index is 12.6. The van der Waals surface area contributed by atoms with Gasteiger partial charge in [0, 0.05) is 18.7 Å². The molecule has 0 radical (unpaired) electrons. The first-order valence-corrected chi connectivity index (χ1v) is 8.31. The summed E-state index contributed by atoms with van der Waals surface area (Å²) in [6, 6.07) is 6.75. The van der Waals surface area contributed by atoms with Gasteiger partial charge in [0.2, 0.25) is 10.0 Å². The second-order valence-electron chi connectivity index (χ2n) is 4.93. The molecule has 2 rings (SSSR count). The third-order valence-electron chi connectivity index (χ3n) is 3.32. The minimum atomic E-state index is -3.42. The smallest absolute Gasteiger partial charge is 0.243 e. The summed E-state index contributed by atoms with van der Waals surface area (Å²) in [5.74, 6) is 6.14. The fraction of sp³-hybridized carbons (Fsp3) is 0.467. The number of hydrogen-bond donors (Lipinski definition) is 1. The lowest BCUT2D eigenvalue weighted by Crippen LogP contribution is -2.32. The van der Waals surface area contributed by atoms with Gasteiger partial charge in [-0.05, 0) is 37.0 Å². The lowest BCUT2D eigenvalue weighted by atomic mass is 10.2. The molecule has 0 bridgehead atoms. The number of rotatable bonds is 5. The van der Waals surface area contributed by atoms with Gasteiger partial charge in [0.25, 0.3) is 0 Å². The predicted octanol–water partition coefficient (Wildman–Crippen LogP) is 1.42. The molecule has 1 aliphatic rings. The van der Waals surface area contributed by atoms with Gasteiger partial charge in [-0.25, -0.2) is 8.42 Å². The molecule has 0 unspecified atom stereocenters. The molecule has 1 aromatic carbocycles. The molecule has 20 heavy (non-hydrogen) atoms. The van der Waals surface area contributed by atoms with Crippen molar-refractivity contribution in [1.82, 2.24) is 4.31 Å². The molecular weight excluding hydrogens is 272 g/mol. The summed E-state index contributed by atoms with van der Waals surface area (Å²) >= 11 is 0. The minimum Gasteiger partial charge on any atom is -0.320 e. The van der Waals surface area contributed by atoms with Gasteiger partial charge in [-0.15, -0.1) is 0 Å². The van der Waals surface area contributed by atoms with Gasteiger partial charge in [0.15, 0.2) is 0 Å². The number of benzene rings is 1. The molecule has 0 spiro atoms. The second kappa shape index (κ2) is 6.40. The summed E-state index contributed by atoms with van der Waals surface area (Å²) in [4.78, 5) is 0.309. The Kier molecular flexibility index (Phi) is 4.81. The van der Waals surface area contributed by atoms with Gasteiger partial charge in [0.1, 0.15) is 0 Å². The molecule has 0 aromatic heterocycles. The van der Waals surface area contributed by atoms with Crippen molar-refractivity contribution < 1.29 is 8.42 Å². The van der Waals surface area contributed by atoms with Crippen molar-refractivity contribution in [2.75, 3.05) is 19.6 Å². The molecule has 0 saturated heterocycles. The zero-order chi connectivity index (χ0) is 14.6. The van der Waals surface area contributed by atoms with E-state index in [0.717, 1.165) is 12.8 Å². The molecule has 1 saturated carbocycles. The Hall–Kier alpha value is -1.35. The fourth-order valence-corrected chi connectivity index (χ4v) is 3.59. The Morgan fingerprint density at radius 2 is 2.15 bits per heavy atom. The molecule has 1 aromatic rings. The van der Waals surface area contributed by atoms with Crippen LogP contribution in [0, 0.1) is 17.8 Å². The van der Waals surface area contributed by atoms with E-state index in [1.54, 1.807) is 28.6 Å². The Labute approximate surface area is 121 Å². The Balaban J connectivity index is 2.27. The molecule has 0 amide bonds. The van der Waals surface area contributed by atoms with Gasteiger partial charge in [-0.3, -0.25) is 0 Å². The first kappa shape index (κ1) is 15.0. The summed E-state index contributed by atoms with van der Waals surface area (Å²) in [6.45, 7) is 3.26. The molecule has 0 aliphatic heterocycles. The zero-order valence-corrected chi connectivity index (χ0v) is 12.5. The quantitative estimate of drug-likeness (QED) is 0.835. The lowest BCUT2D eigenvalue weighted by molar-refractivity contribution is 0.412. The molecular formula is C15H20N2O2S. The number of sulfonamides is 1. The van der Waals surface area contributed by atoms with E-state index in [1.807, 2.05) is 6.92 Å². The summed E-state index contributed by atoms with van der Waals surface area (Å²) in [7, 11) is -3.42. The second-order valence-corrected chi connectivity index (χ2v) is 6.87. The third kappa shape index (κ3) is 3.60. The van der Waals surface area contributed by atoms with Crippen molar-refractivity contribution in [2.24, 2.45) is 11.7 Å². The largest absolute Gasteiger partial charge is 0.320 e. The van der Waals surface area contributed by atoms with Gasteiger partial charge >= 0.3 is 0 Å². The van der Waals surface area contributed by atoms with Crippen LogP contribution < -0.4 is 5.73 Å². The highest BCUT2D eigenvalue weighted by molar-refractivity contribution is 7.89. The van der Waals surface area contributed by atoms with E-state index in [9.17, 15) is 8.42 Å². The summed E-state index contributed by atoms with van der Waals surface area (Å²) < 4.78 is 26.8. The van der Waals surface area contributed by atoms with Gasteiger partial charge in [-0.1, -0.05) is 24.8 Å².